The van der Waals surface area contributed by atoms with Gasteiger partial charge in [0.25, 0.3) is 0 Å². The van der Waals surface area contributed by atoms with Gasteiger partial charge in [-0.05, 0) is 18.8 Å². The summed E-state index contributed by atoms with van der Waals surface area (Å²) in [5.41, 5.74) is 0. The Hall–Kier alpha value is -1.40. The fourth-order valence-electron chi connectivity index (χ4n) is 2.61. The van der Waals surface area contributed by atoms with Crippen molar-refractivity contribution in [2.75, 3.05) is 51.2 Å². The van der Waals surface area contributed by atoms with Crippen LogP contribution in [0.3, 0.4) is 0 Å². The van der Waals surface area contributed by atoms with Crippen LogP contribution in [-0.4, -0.2) is 50.9 Å². The lowest BCUT2D eigenvalue weighted by atomic mass is 9.99. The van der Waals surface area contributed by atoms with E-state index in [0.29, 0.717) is 18.3 Å². The Balaban J connectivity index is 2.15. The van der Waals surface area contributed by atoms with Gasteiger partial charge in [-0.3, -0.25) is 0 Å². The van der Waals surface area contributed by atoms with Crippen molar-refractivity contribution >= 4 is 11.6 Å². The minimum Gasteiger partial charge on any atom is -0.384 e. The summed E-state index contributed by atoms with van der Waals surface area (Å²) in [6.45, 7) is 3.26. The van der Waals surface area contributed by atoms with Crippen LogP contribution in [0.5, 0.6) is 0 Å². The first-order valence-electron chi connectivity index (χ1n) is 7.05. The summed E-state index contributed by atoms with van der Waals surface area (Å²) in [6, 6.07) is 1.99. The van der Waals surface area contributed by atoms with E-state index >= 15 is 0 Å². The number of aromatic nitrogens is 2. The van der Waals surface area contributed by atoms with Crippen LogP contribution in [0.2, 0.25) is 0 Å². The molecule has 1 N–H and O–H groups in total. The van der Waals surface area contributed by atoms with E-state index in [2.05, 4.69) is 20.2 Å². The zero-order valence-electron chi connectivity index (χ0n) is 12.6. The number of nitrogens with zero attached hydrogens (tertiary/aromatic N) is 3. The predicted molar refractivity (Wildman–Crippen MR) is 79.1 cm³/mol. The molecule has 112 valence electrons. The normalized spacial score (nSPS) is 19.1. The number of methoxy groups -OCH3 is 2. The summed E-state index contributed by atoms with van der Waals surface area (Å²) in [5, 5.41) is 3.08. The zero-order valence-corrected chi connectivity index (χ0v) is 12.6. The van der Waals surface area contributed by atoms with E-state index in [-0.39, 0.29) is 0 Å². The SMILES string of the molecule is CNc1cc(N2CCCC(COC)C2)nc(COC)n1. The number of nitrogens with one attached hydrogen (secondary N) is 1. The molecule has 20 heavy (non-hydrogen) atoms. The summed E-state index contributed by atoms with van der Waals surface area (Å²) in [7, 11) is 5.29. The van der Waals surface area contributed by atoms with Gasteiger partial charge in [-0.25, -0.2) is 9.97 Å². The summed E-state index contributed by atoms with van der Waals surface area (Å²) >= 11 is 0. The van der Waals surface area contributed by atoms with E-state index in [1.165, 1.54) is 12.8 Å². The third-order valence-corrected chi connectivity index (χ3v) is 3.53. The lowest BCUT2D eigenvalue weighted by Crippen LogP contribution is -2.37. The van der Waals surface area contributed by atoms with Crippen molar-refractivity contribution in [3.8, 4) is 0 Å². The van der Waals surface area contributed by atoms with Crippen LogP contribution in [0.4, 0.5) is 11.6 Å². The largest absolute Gasteiger partial charge is 0.384 e. The molecule has 1 aliphatic rings. The maximum atomic E-state index is 5.28. The maximum absolute atomic E-state index is 5.28. The second kappa shape index (κ2) is 7.40. The van der Waals surface area contributed by atoms with Gasteiger partial charge >= 0.3 is 0 Å². The molecule has 1 fully saturated rings. The molecule has 1 aromatic heterocycles. The summed E-state index contributed by atoms with van der Waals surface area (Å²) in [5.74, 6) is 3.09. The predicted octanol–water partition coefficient (Wildman–Crippen LogP) is 1.53. The van der Waals surface area contributed by atoms with Gasteiger partial charge in [0.1, 0.15) is 18.2 Å². The highest BCUT2D eigenvalue weighted by atomic mass is 16.5. The van der Waals surface area contributed by atoms with Crippen molar-refractivity contribution in [2.45, 2.75) is 19.4 Å². The third kappa shape index (κ3) is 3.80. The van der Waals surface area contributed by atoms with Gasteiger partial charge in [0.05, 0.1) is 6.61 Å². The van der Waals surface area contributed by atoms with Gasteiger partial charge in [-0.2, -0.15) is 0 Å². The maximum Gasteiger partial charge on any atom is 0.158 e. The molecule has 6 nitrogen and oxygen atoms in total. The Morgan fingerprint density at radius 3 is 2.90 bits per heavy atom. The van der Waals surface area contributed by atoms with E-state index in [9.17, 15) is 0 Å². The molecule has 6 heteroatoms. The molecular formula is C14H24N4O2. The lowest BCUT2D eigenvalue weighted by molar-refractivity contribution is 0.143. The number of hydrogen-bond acceptors (Lipinski definition) is 6. The molecule has 1 atom stereocenters. The van der Waals surface area contributed by atoms with Gasteiger partial charge in [-0.15, -0.1) is 0 Å². The second-order valence-corrected chi connectivity index (χ2v) is 5.12. The van der Waals surface area contributed by atoms with E-state index in [4.69, 9.17) is 9.47 Å². The first-order valence-corrected chi connectivity index (χ1v) is 7.05. The Bertz CT molecular complexity index is 426. The van der Waals surface area contributed by atoms with Crippen molar-refractivity contribution in [3.05, 3.63) is 11.9 Å². The number of anilines is 2. The van der Waals surface area contributed by atoms with E-state index < -0.39 is 0 Å². The summed E-state index contributed by atoms with van der Waals surface area (Å²) < 4.78 is 10.4. The summed E-state index contributed by atoms with van der Waals surface area (Å²) in [4.78, 5) is 11.3. The molecule has 2 rings (SSSR count). The van der Waals surface area contributed by atoms with Crippen LogP contribution in [0.15, 0.2) is 6.07 Å². The Morgan fingerprint density at radius 2 is 2.20 bits per heavy atom. The average Bonchev–Trinajstić information content (AvgIpc) is 2.48. The monoisotopic (exact) mass is 280 g/mol. The van der Waals surface area contributed by atoms with E-state index in [0.717, 1.165) is 31.3 Å². The Kier molecular flexibility index (Phi) is 5.55. The first-order chi connectivity index (χ1) is 9.76. The molecule has 0 bridgehead atoms. The van der Waals surface area contributed by atoms with Gasteiger partial charge in [0.15, 0.2) is 5.82 Å². The Morgan fingerprint density at radius 1 is 1.35 bits per heavy atom. The number of rotatable bonds is 6. The number of ether oxygens (including phenoxy) is 2. The topological polar surface area (TPSA) is 59.5 Å². The molecule has 1 aliphatic heterocycles. The van der Waals surface area contributed by atoms with Crippen LogP contribution in [0.25, 0.3) is 0 Å². The van der Waals surface area contributed by atoms with Crippen LogP contribution in [0, 0.1) is 5.92 Å². The zero-order chi connectivity index (χ0) is 14.4. The molecule has 1 unspecified atom stereocenters. The highest BCUT2D eigenvalue weighted by Gasteiger charge is 2.21. The number of hydrogen-bond donors (Lipinski definition) is 1. The van der Waals surface area contributed by atoms with Crippen LogP contribution >= 0.6 is 0 Å². The van der Waals surface area contributed by atoms with Crippen molar-refractivity contribution < 1.29 is 9.47 Å². The molecule has 0 spiro atoms. The second-order valence-electron chi connectivity index (χ2n) is 5.12. The van der Waals surface area contributed by atoms with Gasteiger partial charge in [-0.1, -0.05) is 0 Å². The highest BCUT2D eigenvalue weighted by Crippen LogP contribution is 2.23. The fourth-order valence-corrected chi connectivity index (χ4v) is 2.61. The minimum absolute atomic E-state index is 0.428. The summed E-state index contributed by atoms with van der Waals surface area (Å²) in [6.07, 6.45) is 2.39. The van der Waals surface area contributed by atoms with Crippen molar-refractivity contribution in [2.24, 2.45) is 5.92 Å². The highest BCUT2D eigenvalue weighted by molar-refractivity contribution is 5.49. The molecular weight excluding hydrogens is 256 g/mol. The van der Waals surface area contributed by atoms with Gasteiger partial charge < -0.3 is 19.7 Å². The lowest BCUT2D eigenvalue weighted by Gasteiger charge is -2.33. The van der Waals surface area contributed by atoms with Crippen LogP contribution in [0.1, 0.15) is 18.7 Å². The molecule has 0 saturated carbocycles. The van der Waals surface area contributed by atoms with Crippen molar-refractivity contribution in [1.29, 1.82) is 0 Å². The van der Waals surface area contributed by atoms with Crippen LogP contribution < -0.4 is 10.2 Å². The molecule has 1 aromatic rings. The molecule has 0 amide bonds. The Labute approximate surface area is 120 Å². The standard InChI is InChI=1S/C14H24N4O2/c1-15-12-7-14(17-13(16-12)10-20-3)18-6-4-5-11(8-18)9-19-2/h7,11H,4-6,8-10H2,1-3H3,(H,15,16,17). The third-order valence-electron chi connectivity index (χ3n) is 3.53. The molecule has 1 saturated heterocycles. The van der Waals surface area contributed by atoms with E-state index in [1.807, 2.05) is 13.1 Å². The average molecular weight is 280 g/mol. The van der Waals surface area contributed by atoms with Crippen molar-refractivity contribution in [1.82, 2.24) is 9.97 Å². The van der Waals surface area contributed by atoms with E-state index in [1.54, 1.807) is 14.2 Å². The molecule has 0 aromatic carbocycles. The fraction of sp³-hybridized carbons (Fsp3) is 0.714. The molecule has 0 aliphatic carbocycles. The van der Waals surface area contributed by atoms with Crippen LogP contribution in [-0.2, 0) is 16.1 Å². The number of piperidine rings is 1. The van der Waals surface area contributed by atoms with Crippen molar-refractivity contribution in [3.63, 3.8) is 0 Å². The smallest absolute Gasteiger partial charge is 0.158 e. The first kappa shape index (κ1) is 15.0. The molecule has 2 heterocycles. The van der Waals surface area contributed by atoms with Gasteiger partial charge in [0.2, 0.25) is 0 Å². The molecule has 0 radical (unpaired) electrons. The quantitative estimate of drug-likeness (QED) is 0.852. The minimum atomic E-state index is 0.428. The van der Waals surface area contributed by atoms with Gasteiger partial charge in [0, 0.05) is 40.4 Å².